The normalized spacial score (nSPS) is 8.00. The maximum Gasteiger partial charge on any atom is 1.00 e. The van der Waals surface area contributed by atoms with E-state index in [1.54, 1.807) is 11.3 Å². The first kappa shape index (κ1) is 10.7. The Morgan fingerprint density at radius 2 is 2.45 bits per heavy atom. The fourth-order valence-electron chi connectivity index (χ4n) is 0.776. The van der Waals surface area contributed by atoms with Crippen LogP contribution in [0.5, 0.6) is 0 Å². The van der Waals surface area contributed by atoms with Gasteiger partial charge in [-0.1, -0.05) is 25.0 Å². The molecule has 11 heavy (non-hydrogen) atoms. The van der Waals surface area contributed by atoms with Crippen molar-refractivity contribution in [3.05, 3.63) is 39.8 Å². The Labute approximate surface area is 83.4 Å². The molecule has 0 spiro atoms. The predicted octanol–water partition coefficient (Wildman–Crippen LogP) is -0.0385. The summed E-state index contributed by atoms with van der Waals surface area (Å²) in [6, 6.07) is 2.85. The van der Waals surface area contributed by atoms with Crippen molar-refractivity contribution in [3.8, 4) is 0 Å². The molecule has 52 valence electrons. The average molecular weight is 157 g/mol. The largest absolute Gasteiger partial charge is 1.00 e. The van der Waals surface area contributed by atoms with E-state index >= 15 is 0 Å². The average Bonchev–Trinajstić information content (AvgIpc) is 2.43. The van der Waals surface area contributed by atoms with Crippen molar-refractivity contribution in [1.29, 1.82) is 0 Å². The SMILES string of the molecule is [C-]#[N+][C-](CC)c1ccsc1.[Li+]. The van der Waals surface area contributed by atoms with Crippen LogP contribution in [-0.2, 0) is 0 Å². The van der Waals surface area contributed by atoms with Crippen molar-refractivity contribution in [2.24, 2.45) is 0 Å². The molecule has 0 N–H and O–H groups in total. The van der Waals surface area contributed by atoms with Crippen LogP contribution in [0.25, 0.3) is 4.85 Å². The van der Waals surface area contributed by atoms with Crippen LogP contribution in [0, 0.1) is 12.6 Å². The topological polar surface area (TPSA) is 4.36 Å². The van der Waals surface area contributed by atoms with Gasteiger partial charge in [-0.15, -0.1) is 0 Å². The molecular formula is C8H8LiNS. The Morgan fingerprint density at radius 1 is 1.73 bits per heavy atom. The molecular weight excluding hydrogens is 149 g/mol. The third-order valence-electron chi connectivity index (χ3n) is 1.32. The van der Waals surface area contributed by atoms with Gasteiger partial charge in [0.1, 0.15) is 0 Å². The van der Waals surface area contributed by atoms with Crippen molar-refractivity contribution in [2.75, 3.05) is 0 Å². The van der Waals surface area contributed by atoms with E-state index < -0.39 is 0 Å². The van der Waals surface area contributed by atoms with Crippen LogP contribution in [0.2, 0.25) is 0 Å². The molecule has 0 saturated carbocycles. The third-order valence-corrected chi connectivity index (χ3v) is 2.01. The monoisotopic (exact) mass is 157 g/mol. The third kappa shape index (κ3) is 2.64. The van der Waals surface area contributed by atoms with Gasteiger partial charge in [0.15, 0.2) is 0 Å². The molecule has 0 aliphatic carbocycles. The van der Waals surface area contributed by atoms with Crippen molar-refractivity contribution < 1.29 is 18.9 Å². The van der Waals surface area contributed by atoms with E-state index in [-0.39, 0.29) is 18.9 Å². The first-order valence-electron chi connectivity index (χ1n) is 3.14. The maximum absolute atomic E-state index is 6.83. The summed E-state index contributed by atoms with van der Waals surface area (Å²) in [7, 11) is 0. The zero-order valence-electron chi connectivity index (χ0n) is 6.79. The molecule has 0 bridgehead atoms. The summed E-state index contributed by atoms with van der Waals surface area (Å²) in [6.07, 6.45) is 0.834. The van der Waals surface area contributed by atoms with Crippen molar-refractivity contribution in [3.63, 3.8) is 0 Å². The smallest absolute Gasteiger partial charge is 0.454 e. The summed E-state index contributed by atoms with van der Waals surface area (Å²) in [4.78, 5) is 3.42. The molecule has 1 heterocycles. The Balaban J connectivity index is 0.000001000. The molecule has 1 rings (SSSR count). The minimum atomic E-state index is 0. The fourth-order valence-corrected chi connectivity index (χ4v) is 1.44. The Bertz CT molecular complexity index is 225. The molecule has 0 amide bonds. The summed E-state index contributed by atoms with van der Waals surface area (Å²) in [5.74, 6) is 0. The van der Waals surface area contributed by atoms with E-state index in [2.05, 4.69) is 4.85 Å². The van der Waals surface area contributed by atoms with Gasteiger partial charge in [0.05, 0.1) is 0 Å². The first-order chi connectivity index (χ1) is 4.88. The molecule has 0 unspecified atom stereocenters. The predicted molar refractivity (Wildman–Crippen MR) is 43.6 cm³/mol. The number of thiophene rings is 1. The summed E-state index contributed by atoms with van der Waals surface area (Å²) in [5, 5.41) is 4.01. The second-order valence-electron chi connectivity index (χ2n) is 1.92. The van der Waals surface area contributed by atoms with Crippen molar-refractivity contribution in [1.82, 2.24) is 0 Å². The van der Waals surface area contributed by atoms with Crippen LogP contribution < -0.4 is 18.9 Å². The summed E-state index contributed by atoms with van der Waals surface area (Å²) in [6.45, 7) is 8.83. The molecule has 0 fully saturated rings. The second kappa shape index (κ2) is 5.33. The van der Waals surface area contributed by atoms with E-state index in [1.807, 2.05) is 23.8 Å². The first-order valence-corrected chi connectivity index (χ1v) is 4.08. The van der Waals surface area contributed by atoms with Crippen LogP contribution in [0.1, 0.15) is 18.9 Å². The van der Waals surface area contributed by atoms with Crippen molar-refractivity contribution in [2.45, 2.75) is 13.3 Å². The van der Waals surface area contributed by atoms with Gasteiger partial charge in [-0.2, -0.15) is 11.3 Å². The fraction of sp³-hybridized carbons (Fsp3) is 0.250. The molecule has 3 heteroatoms. The Kier molecular flexibility index (Phi) is 5.16. The Morgan fingerprint density at radius 3 is 2.82 bits per heavy atom. The number of hydrogen-bond acceptors (Lipinski definition) is 1. The minimum Gasteiger partial charge on any atom is -0.454 e. The van der Waals surface area contributed by atoms with Gasteiger partial charge in [-0.05, 0) is 16.8 Å². The van der Waals surface area contributed by atoms with E-state index in [0.717, 1.165) is 18.0 Å². The molecule has 1 aromatic rings. The Hall–Kier alpha value is -0.343. The standard InChI is InChI=1S/C8H8NS.Li/c1-3-8(9-2)7-4-5-10-6-7;/h4-6H,3H2,1H3;/q-1;+1. The van der Waals surface area contributed by atoms with Crippen LogP contribution >= 0.6 is 11.3 Å². The van der Waals surface area contributed by atoms with Gasteiger partial charge < -0.3 is 4.85 Å². The summed E-state index contributed by atoms with van der Waals surface area (Å²) < 4.78 is 0. The molecule has 0 saturated heterocycles. The van der Waals surface area contributed by atoms with Gasteiger partial charge >= 0.3 is 18.9 Å². The van der Waals surface area contributed by atoms with Crippen LogP contribution in [0.15, 0.2) is 16.8 Å². The maximum atomic E-state index is 6.83. The molecule has 0 aromatic carbocycles. The van der Waals surface area contributed by atoms with Gasteiger partial charge in [0.25, 0.3) is 0 Å². The minimum absolute atomic E-state index is 0. The van der Waals surface area contributed by atoms with E-state index in [1.165, 1.54) is 0 Å². The van der Waals surface area contributed by atoms with E-state index in [0.29, 0.717) is 0 Å². The van der Waals surface area contributed by atoms with Gasteiger partial charge in [-0.25, -0.2) is 0 Å². The van der Waals surface area contributed by atoms with Gasteiger partial charge in [0.2, 0.25) is 0 Å². The van der Waals surface area contributed by atoms with Crippen molar-refractivity contribution >= 4 is 11.3 Å². The van der Waals surface area contributed by atoms with E-state index in [4.69, 9.17) is 6.57 Å². The van der Waals surface area contributed by atoms with Crippen LogP contribution in [0.4, 0.5) is 0 Å². The molecule has 0 radical (unpaired) electrons. The zero-order chi connectivity index (χ0) is 7.40. The summed E-state index contributed by atoms with van der Waals surface area (Å²) >= 11 is 1.63. The molecule has 1 aromatic heterocycles. The zero-order valence-corrected chi connectivity index (χ0v) is 7.61. The van der Waals surface area contributed by atoms with E-state index in [9.17, 15) is 0 Å². The number of hydrogen-bond donors (Lipinski definition) is 0. The number of rotatable bonds is 2. The van der Waals surface area contributed by atoms with Gasteiger partial charge in [-0.3, -0.25) is 6.57 Å². The van der Waals surface area contributed by atoms with Gasteiger partial charge in [0, 0.05) is 0 Å². The molecule has 0 atom stereocenters. The number of nitrogens with zero attached hydrogens (tertiary/aromatic N) is 1. The quantitative estimate of drug-likeness (QED) is 0.419. The molecule has 0 aliphatic rings. The molecule has 0 aliphatic heterocycles. The van der Waals surface area contributed by atoms with Crippen LogP contribution in [0.3, 0.4) is 0 Å². The molecule has 1 nitrogen and oxygen atoms in total. The van der Waals surface area contributed by atoms with Crippen LogP contribution in [-0.4, -0.2) is 0 Å². The second-order valence-corrected chi connectivity index (χ2v) is 2.70. The summed E-state index contributed by atoms with van der Waals surface area (Å²) in [5.41, 5.74) is 1.09.